The number of nitrogens with zero attached hydrogens (tertiary/aromatic N) is 1. The van der Waals surface area contributed by atoms with Crippen LogP contribution in [-0.2, 0) is 12.1 Å². The third kappa shape index (κ3) is 3.49. The Hall–Kier alpha value is -2.59. The maximum atomic E-state index is 5.88. The van der Waals surface area contributed by atoms with Crippen LogP contribution < -0.4 is 10.1 Å². The molecule has 0 unspecified atom stereocenters. The van der Waals surface area contributed by atoms with Gasteiger partial charge in [0, 0.05) is 12.1 Å². The second-order valence-corrected chi connectivity index (χ2v) is 6.19. The monoisotopic (exact) mass is 322 g/mol. The molecule has 4 nitrogen and oxygen atoms in total. The molecule has 0 fully saturated rings. The first-order chi connectivity index (χ1) is 11.6. The van der Waals surface area contributed by atoms with Crippen molar-refractivity contribution in [2.45, 2.75) is 25.9 Å². The first kappa shape index (κ1) is 16.3. The van der Waals surface area contributed by atoms with Crippen molar-refractivity contribution in [2.24, 2.45) is 0 Å². The van der Waals surface area contributed by atoms with Crippen molar-refractivity contribution < 1.29 is 9.15 Å². The number of methoxy groups -OCH3 is 1. The van der Waals surface area contributed by atoms with Crippen LogP contribution in [0.5, 0.6) is 5.95 Å². The van der Waals surface area contributed by atoms with Gasteiger partial charge in [-0.15, -0.1) is 0 Å². The van der Waals surface area contributed by atoms with E-state index in [4.69, 9.17) is 9.15 Å². The van der Waals surface area contributed by atoms with Crippen molar-refractivity contribution in [1.29, 1.82) is 0 Å². The van der Waals surface area contributed by atoms with Crippen LogP contribution in [0.1, 0.15) is 25.3 Å². The van der Waals surface area contributed by atoms with E-state index in [9.17, 15) is 0 Å². The van der Waals surface area contributed by atoms with Crippen LogP contribution >= 0.6 is 0 Å². The van der Waals surface area contributed by atoms with Crippen molar-refractivity contribution >= 4 is 0 Å². The Kier molecular flexibility index (Phi) is 4.67. The lowest BCUT2D eigenvalue weighted by Gasteiger charge is -2.22. The van der Waals surface area contributed by atoms with Crippen LogP contribution in [0.4, 0.5) is 0 Å². The van der Waals surface area contributed by atoms with Gasteiger partial charge in [0.25, 0.3) is 0 Å². The van der Waals surface area contributed by atoms with E-state index in [0.29, 0.717) is 11.8 Å². The molecule has 0 aliphatic rings. The molecule has 2 aromatic carbocycles. The molecule has 0 atom stereocenters. The maximum absolute atomic E-state index is 5.88. The Morgan fingerprint density at radius 2 is 1.62 bits per heavy atom. The van der Waals surface area contributed by atoms with Gasteiger partial charge in [0.05, 0.1) is 12.6 Å². The number of hydrogen-bond acceptors (Lipinski definition) is 4. The van der Waals surface area contributed by atoms with Gasteiger partial charge < -0.3 is 9.15 Å². The number of aromatic nitrogens is 1. The summed E-state index contributed by atoms with van der Waals surface area (Å²) >= 11 is 0. The molecule has 0 saturated carbocycles. The number of hydrogen-bond donors (Lipinski definition) is 1. The lowest BCUT2D eigenvalue weighted by atomic mass is 10.0. The average Bonchev–Trinajstić information content (AvgIpc) is 3.07. The van der Waals surface area contributed by atoms with Crippen LogP contribution in [0.3, 0.4) is 0 Å². The topological polar surface area (TPSA) is 47.3 Å². The minimum Gasteiger partial charge on any atom is -0.467 e. The molecular formula is C20H22N2O2. The first-order valence-electron chi connectivity index (χ1n) is 8.00. The number of rotatable bonds is 6. The largest absolute Gasteiger partial charge is 0.467 e. The molecule has 0 saturated heterocycles. The SMILES string of the molecule is COc1oc(C(C)(C)NCc2ccccc2)nc1-c1ccccc1. The van der Waals surface area contributed by atoms with E-state index in [1.807, 2.05) is 48.5 Å². The lowest BCUT2D eigenvalue weighted by molar-refractivity contribution is 0.248. The summed E-state index contributed by atoms with van der Waals surface area (Å²) in [5, 5.41) is 3.50. The van der Waals surface area contributed by atoms with Crippen LogP contribution in [-0.4, -0.2) is 12.1 Å². The summed E-state index contributed by atoms with van der Waals surface area (Å²) in [6.07, 6.45) is 0. The minimum absolute atomic E-state index is 0.420. The van der Waals surface area contributed by atoms with E-state index < -0.39 is 5.54 Å². The highest BCUT2D eigenvalue weighted by molar-refractivity contribution is 5.63. The molecule has 0 spiro atoms. The fourth-order valence-corrected chi connectivity index (χ4v) is 2.48. The molecule has 0 bridgehead atoms. The van der Waals surface area contributed by atoms with Crippen LogP contribution in [0.15, 0.2) is 65.1 Å². The molecular weight excluding hydrogens is 300 g/mol. The van der Waals surface area contributed by atoms with Crippen LogP contribution in [0.25, 0.3) is 11.3 Å². The summed E-state index contributed by atoms with van der Waals surface area (Å²) in [7, 11) is 1.60. The van der Waals surface area contributed by atoms with E-state index in [0.717, 1.165) is 17.8 Å². The summed E-state index contributed by atoms with van der Waals surface area (Å²) in [4.78, 5) is 4.68. The molecule has 0 radical (unpaired) electrons. The Balaban J connectivity index is 1.84. The summed E-state index contributed by atoms with van der Waals surface area (Å²) in [5.41, 5.74) is 2.49. The van der Waals surface area contributed by atoms with E-state index in [1.54, 1.807) is 7.11 Å². The molecule has 0 aliphatic carbocycles. The lowest BCUT2D eigenvalue weighted by Crippen LogP contribution is -2.36. The van der Waals surface area contributed by atoms with Crippen molar-refractivity contribution in [3.8, 4) is 17.2 Å². The Labute approximate surface area is 142 Å². The molecule has 1 aromatic heterocycles. The Morgan fingerprint density at radius 3 is 2.25 bits per heavy atom. The molecule has 4 heteroatoms. The van der Waals surface area contributed by atoms with Crippen molar-refractivity contribution in [3.05, 3.63) is 72.1 Å². The van der Waals surface area contributed by atoms with Crippen LogP contribution in [0, 0.1) is 0 Å². The highest BCUT2D eigenvalue weighted by Gasteiger charge is 2.29. The van der Waals surface area contributed by atoms with E-state index in [-0.39, 0.29) is 0 Å². The number of benzene rings is 2. The fourth-order valence-electron chi connectivity index (χ4n) is 2.48. The minimum atomic E-state index is -0.420. The molecule has 3 aromatic rings. The second-order valence-electron chi connectivity index (χ2n) is 6.19. The van der Waals surface area contributed by atoms with Crippen LogP contribution in [0.2, 0.25) is 0 Å². The summed E-state index contributed by atoms with van der Waals surface area (Å²) in [6, 6.07) is 20.2. The van der Waals surface area contributed by atoms with Gasteiger partial charge in [-0.25, -0.2) is 4.98 Å². The predicted octanol–water partition coefficient (Wildman–Crippen LogP) is 4.38. The fraction of sp³-hybridized carbons (Fsp3) is 0.250. The number of ether oxygens (including phenoxy) is 1. The van der Waals surface area contributed by atoms with Gasteiger partial charge >= 0.3 is 5.95 Å². The third-order valence-electron chi connectivity index (χ3n) is 3.94. The van der Waals surface area contributed by atoms with Gasteiger partial charge in [-0.3, -0.25) is 5.32 Å². The van der Waals surface area contributed by atoms with E-state index >= 15 is 0 Å². The standard InChI is InChI=1S/C20H22N2O2/c1-20(2,21-14-15-10-6-4-7-11-15)19-22-17(18(23-3)24-19)16-12-8-5-9-13-16/h4-13,21H,14H2,1-3H3. The normalized spacial score (nSPS) is 11.5. The van der Waals surface area contributed by atoms with Crippen molar-refractivity contribution in [2.75, 3.05) is 7.11 Å². The van der Waals surface area contributed by atoms with Gasteiger partial charge in [-0.05, 0) is 19.4 Å². The summed E-state index contributed by atoms with van der Waals surface area (Å²) in [6.45, 7) is 4.84. The summed E-state index contributed by atoms with van der Waals surface area (Å²) < 4.78 is 11.3. The zero-order valence-electron chi connectivity index (χ0n) is 14.2. The zero-order valence-corrected chi connectivity index (χ0v) is 14.2. The van der Waals surface area contributed by atoms with Gasteiger partial charge in [-0.1, -0.05) is 60.7 Å². The molecule has 24 heavy (non-hydrogen) atoms. The molecule has 1 N–H and O–H groups in total. The van der Waals surface area contributed by atoms with E-state index in [2.05, 4.69) is 36.3 Å². The van der Waals surface area contributed by atoms with Crippen molar-refractivity contribution in [3.63, 3.8) is 0 Å². The van der Waals surface area contributed by atoms with Gasteiger partial charge in [-0.2, -0.15) is 0 Å². The Bertz CT molecular complexity index is 780. The smallest absolute Gasteiger partial charge is 0.313 e. The summed E-state index contributed by atoms with van der Waals surface area (Å²) in [5.74, 6) is 1.04. The maximum Gasteiger partial charge on any atom is 0.313 e. The van der Waals surface area contributed by atoms with Gasteiger partial charge in [0.2, 0.25) is 5.89 Å². The van der Waals surface area contributed by atoms with Gasteiger partial charge in [0.1, 0.15) is 0 Å². The molecule has 3 rings (SSSR count). The second kappa shape index (κ2) is 6.89. The number of nitrogens with one attached hydrogen (secondary N) is 1. The Morgan fingerprint density at radius 1 is 1.00 bits per heavy atom. The predicted molar refractivity (Wildman–Crippen MR) is 94.8 cm³/mol. The zero-order chi connectivity index (χ0) is 17.0. The number of oxazole rings is 1. The molecule has 0 amide bonds. The van der Waals surface area contributed by atoms with Crippen molar-refractivity contribution in [1.82, 2.24) is 10.3 Å². The van der Waals surface area contributed by atoms with Gasteiger partial charge in [0.15, 0.2) is 5.69 Å². The molecule has 124 valence electrons. The average molecular weight is 322 g/mol. The molecule has 0 aliphatic heterocycles. The highest BCUT2D eigenvalue weighted by atomic mass is 16.6. The third-order valence-corrected chi connectivity index (χ3v) is 3.94. The quantitative estimate of drug-likeness (QED) is 0.732. The van der Waals surface area contributed by atoms with E-state index in [1.165, 1.54) is 5.56 Å². The molecule has 1 heterocycles. The highest BCUT2D eigenvalue weighted by Crippen LogP contribution is 2.34. The first-order valence-corrected chi connectivity index (χ1v) is 8.00.